The molecule has 0 bridgehead atoms. The first-order valence-electron chi connectivity index (χ1n) is 4.55. The fraction of sp³-hybridized carbons (Fsp3) is 0.333. The lowest BCUT2D eigenvalue weighted by atomic mass is 10.1. The average Bonchev–Trinajstić information content (AvgIpc) is 2.46. The minimum Gasteiger partial charge on any atom is -0.461 e. The van der Waals surface area contributed by atoms with Crippen molar-refractivity contribution in [1.82, 2.24) is 0 Å². The predicted octanol–water partition coefficient (Wildman–Crippen LogP) is 4.21. The molecule has 72 valence electrons. The topological polar surface area (TPSA) is 13.1 Å². The second-order valence-electron chi connectivity index (χ2n) is 2.47. The van der Waals surface area contributed by atoms with Gasteiger partial charge in [0.15, 0.2) is 0 Å². The van der Waals surface area contributed by atoms with Crippen molar-refractivity contribution in [2.45, 2.75) is 27.7 Å². The molecule has 1 rings (SSSR count). The lowest BCUT2D eigenvalue weighted by molar-refractivity contribution is 0.522. The van der Waals surface area contributed by atoms with Crippen LogP contribution < -0.4 is 0 Å². The van der Waals surface area contributed by atoms with Gasteiger partial charge in [0, 0.05) is 5.56 Å². The molecule has 13 heavy (non-hydrogen) atoms. The third-order valence-electron chi connectivity index (χ3n) is 1.85. The van der Waals surface area contributed by atoms with Gasteiger partial charge in [-0.15, -0.1) is 0 Å². The van der Waals surface area contributed by atoms with Crippen LogP contribution in [0.1, 0.15) is 36.5 Å². The van der Waals surface area contributed by atoms with Crippen LogP contribution in [0.2, 0.25) is 0 Å². The summed E-state index contributed by atoms with van der Waals surface area (Å²) in [5.74, 6) is 1.75. The van der Waals surface area contributed by atoms with Gasteiger partial charge >= 0.3 is 0 Å². The van der Waals surface area contributed by atoms with E-state index in [1.165, 1.54) is 0 Å². The zero-order chi connectivity index (χ0) is 10.4. The second kappa shape index (κ2) is 5.41. The molecule has 1 heteroatoms. The molecule has 0 spiro atoms. The monoisotopic (exact) mass is 178 g/mol. The summed E-state index contributed by atoms with van der Waals surface area (Å²) in [5.41, 5.74) is 2.20. The molecule has 1 heterocycles. The number of aryl methyl sites for hydroxylation is 1. The van der Waals surface area contributed by atoms with Crippen molar-refractivity contribution in [3.63, 3.8) is 0 Å². The first-order chi connectivity index (χ1) is 6.20. The molecule has 0 aliphatic heterocycles. The van der Waals surface area contributed by atoms with Crippen LogP contribution in [-0.2, 0) is 0 Å². The number of hydrogen-bond acceptors (Lipinski definition) is 1. The van der Waals surface area contributed by atoms with E-state index in [2.05, 4.69) is 13.2 Å². The van der Waals surface area contributed by atoms with Crippen LogP contribution in [0.5, 0.6) is 0 Å². The van der Waals surface area contributed by atoms with Gasteiger partial charge in [-0.2, -0.15) is 0 Å². The van der Waals surface area contributed by atoms with Gasteiger partial charge in [0.2, 0.25) is 0 Å². The van der Waals surface area contributed by atoms with E-state index >= 15 is 0 Å². The summed E-state index contributed by atoms with van der Waals surface area (Å²) >= 11 is 0. The van der Waals surface area contributed by atoms with Gasteiger partial charge in [-0.25, -0.2) is 0 Å². The van der Waals surface area contributed by atoms with E-state index in [9.17, 15) is 0 Å². The molecular formula is C12H18O. The third kappa shape index (κ3) is 2.35. The molecule has 0 saturated heterocycles. The lowest BCUT2D eigenvalue weighted by Gasteiger charge is -1.88. The number of rotatable bonds is 2. The number of hydrogen-bond donors (Lipinski definition) is 0. The highest BCUT2D eigenvalue weighted by atomic mass is 16.3. The van der Waals surface area contributed by atoms with Gasteiger partial charge in [-0.3, -0.25) is 0 Å². The molecule has 0 amide bonds. The second-order valence-corrected chi connectivity index (χ2v) is 2.47. The van der Waals surface area contributed by atoms with Crippen molar-refractivity contribution in [2.75, 3.05) is 0 Å². The van der Waals surface area contributed by atoms with E-state index in [-0.39, 0.29) is 0 Å². The van der Waals surface area contributed by atoms with Gasteiger partial charge < -0.3 is 4.42 Å². The summed E-state index contributed by atoms with van der Waals surface area (Å²) in [6, 6.07) is 0. The van der Waals surface area contributed by atoms with Crippen molar-refractivity contribution in [3.8, 4) is 0 Å². The summed E-state index contributed by atoms with van der Waals surface area (Å²) < 4.78 is 5.40. The zero-order valence-corrected chi connectivity index (χ0v) is 8.98. The highest BCUT2D eigenvalue weighted by Crippen LogP contribution is 2.22. The fourth-order valence-electron chi connectivity index (χ4n) is 1.08. The van der Waals surface area contributed by atoms with Crippen molar-refractivity contribution in [2.24, 2.45) is 0 Å². The number of furan rings is 1. The molecular weight excluding hydrogens is 160 g/mol. The molecule has 0 radical (unpaired) electrons. The third-order valence-corrected chi connectivity index (χ3v) is 1.85. The summed E-state index contributed by atoms with van der Waals surface area (Å²) in [6.45, 7) is 15.3. The Kier molecular flexibility index (Phi) is 4.90. The molecule has 0 aliphatic rings. The molecule has 0 aliphatic carbocycles. The quantitative estimate of drug-likeness (QED) is 0.661. The van der Waals surface area contributed by atoms with Gasteiger partial charge in [0.25, 0.3) is 0 Å². The highest BCUT2D eigenvalue weighted by Gasteiger charge is 2.07. The Morgan fingerprint density at radius 2 is 1.62 bits per heavy atom. The Labute approximate surface area is 80.8 Å². The van der Waals surface area contributed by atoms with Gasteiger partial charge in [0.1, 0.15) is 11.5 Å². The first-order valence-corrected chi connectivity index (χ1v) is 4.55. The molecule has 0 atom stereocenters. The molecule has 1 nitrogen and oxygen atoms in total. The van der Waals surface area contributed by atoms with E-state index < -0.39 is 0 Å². The van der Waals surface area contributed by atoms with Gasteiger partial charge in [0.05, 0.1) is 0 Å². The van der Waals surface area contributed by atoms with Crippen LogP contribution in [0.25, 0.3) is 12.2 Å². The smallest absolute Gasteiger partial charge is 0.133 e. The predicted molar refractivity (Wildman–Crippen MR) is 59.7 cm³/mol. The van der Waals surface area contributed by atoms with Crippen LogP contribution in [0.15, 0.2) is 17.6 Å². The van der Waals surface area contributed by atoms with Crippen molar-refractivity contribution >= 4 is 12.2 Å². The van der Waals surface area contributed by atoms with Crippen LogP contribution in [0.4, 0.5) is 0 Å². The molecule has 0 fully saturated rings. The summed E-state index contributed by atoms with van der Waals surface area (Å²) in [4.78, 5) is 0. The van der Waals surface area contributed by atoms with Crippen LogP contribution in [-0.4, -0.2) is 0 Å². The Bertz CT molecular complexity index is 292. The molecule has 1 aromatic rings. The largest absolute Gasteiger partial charge is 0.461 e. The molecule has 0 aromatic carbocycles. The van der Waals surface area contributed by atoms with Crippen molar-refractivity contribution in [1.29, 1.82) is 0 Å². The van der Waals surface area contributed by atoms with Crippen molar-refractivity contribution < 1.29 is 4.42 Å². The van der Waals surface area contributed by atoms with Crippen LogP contribution >= 0.6 is 0 Å². The minimum absolute atomic E-state index is 0.815. The Balaban J connectivity index is 0.000000671. The minimum atomic E-state index is 0.815. The Morgan fingerprint density at radius 1 is 1.08 bits per heavy atom. The van der Waals surface area contributed by atoms with E-state index in [4.69, 9.17) is 4.42 Å². The zero-order valence-electron chi connectivity index (χ0n) is 8.98. The van der Waals surface area contributed by atoms with E-state index in [0.717, 1.165) is 22.6 Å². The lowest BCUT2D eigenvalue weighted by Crippen LogP contribution is -1.74. The molecule has 0 N–H and O–H groups in total. The Hall–Kier alpha value is -1.24. The summed E-state index contributed by atoms with van der Waals surface area (Å²) in [6.07, 6.45) is 3.50. The molecule has 1 aromatic heterocycles. The van der Waals surface area contributed by atoms with Crippen molar-refractivity contribution in [3.05, 3.63) is 35.8 Å². The van der Waals surface area contributed by atoms with E-state index in [1.54, 1.807) is 12.2 Å². The summed E-state index contributed by atoms with van der Waals surface area (Å²) in [7, 11) is 0. The Morgan fingerprint density at radius 3 is 1.92 bits per heavy atom. The molecule has 0 saturated carbocycles. The van der Waals surface area contributed by atoms with Crippen LogP contribution in [0, 0.1) is 13.8 Å². The fourth-order valence-corrected chi connectivity index (χ4v) is 1.08. The van der Waals surface area contributed by atoms with E-state index in [0.29, 0.717) is 0 Å². The molecule has 0 unspecified atom stereocenters. The standard InChI is InChI=1S/C10H12O.C2H6/c1-5-9-7(3)8(4)11-10(9)6-2;1-2/h5-6H,1-2H2,3-4H3;1-2H3. The maximum atomic E-state index is 5.40. The van der Waals surface area contributed by atoms with Gasteiger partial charge in [-0.1, -0.05) is 33.1 Å². The SMILES string of the molecule is C=Cc1oc(C)c(C)c1C=C.CC. The first kappa shape index (κ1) is 11.8. The maximum Gasteiger partial charge on any atom is 0.133 e. The highest BCUT2D eigenvalue weighted by molar-refractivity contribution is 5.63. The van der Waals surface area contributed by atoms with E-state index in [1.807, 2.05) is 27.7 Å². The van der Waals surface area contributed by atoms with Gasteiger partial charge in [-0.05, 0) is 25.5 Å². The normalized spacial score (nSPS) is 8.62. The summed E-state index contributed by atoms with van der Waals surface area (Å²) in [5, 5.41) is 0. The van der Waals surface area contributed by atoms with Crippen LogP contribution in [0.3, 0.4) is 0 Å². The maximum absolute atomic E-state index is 5.40. The average molecular weight is 178 g/mol.